The lowest BCUT2D eigenvalue weighted by molar-refractivity contribution is -0.117. The van der Waals surface area contributed by atoms with Crippen molar-refractivity contribution in [1.29, 1.82) is 0 Å². The first-order valence-corrected chi connectivity index (χ1v) is 6.52. The smallest absolute Gasteiger partial charge is 0.165 e. The number of rotatable bonds is 3. The lowest BCUT2D eigenvalue weighted by atomic mass is 9.96. The summed E-state index contributed by atoms with van der Waals surface area (Å²) in [4.78, 5) is 24.0. The number of ketones is 2. The van der Waals surface area contributed by atoms with E-state index in [1.807, 2.05) is 6.92 Å². The summed E-state index contributed by atoms with van der Waals surface area (Å²) < 4.78 is 0. The van der Waals surface area contributed by atoms with Crippen molar-refractivity contribution in [3.8, 4) is 0 Å². The zero-order valence-corrected chi connectivity index (χ0v) is 10.5. The molecule has 0 saturated carbocycles. The highest BCUT2D eigenvalue weighted by molar-refractivity contribution is 8.05. The number of carbonyl (C=O) groups excluding carboxylic acids is 2. The van der Waals surface area contributed by atoms with Gasteiger partial charge in [0.05, 0.1) is 5.70 Å². The van der Waals surface area contributed by atoms with E-state index in [-0.39, 0.29) is 16.4 Å². The molecule has 0 radical (unpaired) electrons. The third kappa shape index (κ3) is 2.18. The van der Waals surface area contributed by atoms with Gasteiger partial charge in [-0.05, 0) is 12.5 Å². The van der Waals surface area contributed by atoms with Gasteiger partial charge in [0.15, 0.2) is 16.4 Å². The molecular formula is C11H12ClNO2S. The van der Waals surface area contributed by atoms with Crippen molar-refractivity contribution in [2.24, 2.45) is 0 Å². The molecule has 1 atom stereocenters. The lowest BCUT2D eigenvalue weighted by Crippen LogP contribution is -2.22. The van der Waals surface area contributed by atoms with Crippen LogP contribution < -0.4 is 5.32 Å². The van der Waals surface area contributed by atoms with Gasteiger partial charge in [-0.25, -0.2) is 0 Å². The van der Waals surface area contributed by atoms with Crippen LogP contribution in [0.1, 0.15) is 26.2 Å². The molecule has 86 valence electrons. The zero-order chi connectivity index (χ0) is 11.7. The number of alkyl halides is 1. The van der Waals surface area contributed by atoms with Crippen molar-refractivity contribution in [1.82, 2.24) is 5.32 Å². The molecule has 0 aromatic carbocycles. The van der Waals surface area contributed by atoms with E-state index in [1.165, 1.54) is 17.8 Å². The lowest BCUT2D eigenvalue weighted by Gasteiger charge is -2.14. The highest BCUT2D eigenvalue weighted by Gasteiger charge is 2.31. The molecule has 1 heterocycles. The molecule has 0 amide bonds. The summed E-state index contributed by atoms with van der Waals surface area (Å²) in [6, 6.07) is 0. The number of thioether (sulfide) groups is 1. The topological polar surface area (TPSA) is 46.2 Å². The van der Waals surface area contributed by atoms with Gasteiger partial charge in [-0.1, -0.05) is 30.3 Å². The van der Waals surface area contributed by atoms with Crippen LogP contribution >= 0.6 is 23.4 Å². The number of halogens is 1. The van der Waals surface area contributed by atoms with E-state index in [0.29, 0.717) is 18.4 Å². The second-order valence-electron chi connectivity index (χ2n) is 3.75. The largest absolute Gasteiger partial charge is 0.359 e. The standard InChI is InChI=1S/C11H12ClNO2S/c1-2-3-8(15)7-4-6(14)5-9-10(7)13-11(12)16-9/h4,11,13H,2-3,5H2,1H3. The van der Waals surface area contributed by atoms with Crippen LogP contribution in [0.3, 0.4) is 0 Å². The molecule has 0 saturated heterocycles. The van der Waals surface area contributed by atoms with E-state index < -0.39 is 0 Å². The molecule has 5 heteroatoms. The van der Waals surface area contributed by atoms with Crippen LogP contribution in [0.5, 0.6) is 0 Å². The first kappa shape index (κ1) is 11.7. The van der Waals surface area contributed by atoms with Crippen LogP contribution in [-0.4, -0.2) is 16.4 Å². The number of Topliss-reactive ketones (excluding diaryl/α,β-unsaturated/α-hetero) is 1. The van der Waals surface area contributed by atoms with E-state index in [9.17, 15) is 9.59 Å². The van der Waals surface area contributed by atoms with Gasteiger partial charge in [-0.3, -0.25) is 9.59 Å². The number of allylic oxidation sites excluding steroid dienone is 3. The van der Waals surface area contributed by atoms with Crippen LogP contribution in [0.4, 0.5) is 0 Å². The Morgan fingerprint density at radius 3 is 3.12 bits per heavy atom. The van der Waals surface area contributed by atoms with Crippen molar-refractivity contribution >= 4 is 34.9 Å². The van der Waals surface area contributed by atoms with E-state index in [0.717, 1.165) is 17.0 Å². The second kappa shape index (κ2) is 4.63. The minimum atomic E-state index is -0.270. The van der Waals surface area contributed by atoms with Crippen molar-refractivity contribution in [3.63, 3.8) is 0 Å². The summed E-state index contributed by atoms with van der Waals surface area (Å²) in [6.45, 7) is 1.94. The quantitative estimate of drug-likeness (QED) is 0.623. The molecule has 1 unspecified atom stereocenters. The van der Waals surface area contributed by atoms with Crippen LogP contribution in [0.25, 0.3) is 0 Å². The molecule has 2 rings (SSSR count). The Hall–Kier alpha value is -0.740. The molecule has 0 bridgehead atoms. The van der Waals surface area contributed by atoms with Gasteiger partial charge in [-0.15, -0.1) is 0 Å². The van der Waals surface area contributed by atoms with Gasteiger partial charge in [0, 0.05) is 23.3 Å². The average molecular weight is 258 g/mol. The van der Waals surface area contributed by atoms with E-state index >= 15 is 0 Å². The summed E-state index contributed by atoms with van der Waals surface area (Å²) in [5.41, 5.74) is 1.27. The Kier molecular flexibility index (Phi) is 3.40. The Labute approximate surface area is 103 Å². The van der Waals surface area contributed by atoms with Crippen molar-refractivity contribution in [2.45, 2.75) is 31.0 Å². The van der Waals surface area contributed by atoms with Gasteiger partial charge in [-0.2, -0.15) is 0 Å². The van der Waals surface area contributed by atoms with E-state index in [2.05, 4.69) is 5.32 Å². The molecule has 2 aliphatic rings. The Bertz CT molecular complexity index is 414. The normalized spacial score (nSPS) is 24.0. The molecule has 16 heavy (non-hydrogen) atoms. The van der Waals surface area contributed by atoms with Crippen molar-refractivity contribution < 1.29 is 9.59 Å². The molecule has 3 nitrogen and oxygen atoms in total. The van der Waals surface area contributed by atoms with Gasteiger partial charge in [0.1, 0.15) is 0 Å². The monoisotopic (exact) mass is 257 g/mol. The summed E-state index contributed by atoms with van der Waals surface area (Å²) in [7, 11) is 0. The first-order chi connectivity index (χ1) is 7.61. The third-order valence-corrected chi connectivity index (χ3v) is 3.80. The van der Waals surface area contributed by atoms with Crippen LogP contribution in [0.15, 0.2) is 22.3 Å². The molecule has 1 N–H and O–H groups in total. The Morgan fingerprint density at radius 1 is 1.69 bits per heavy atom. The van der Waals surface area contributed by atoms with Crippen molar-refractivity contribution in [3.05, 3.63) is 22.3 Å². The minimum absolute atomic E-state index is 0.0155. The fourth-order valence-electron chi connectivity index (χ4n) is 1.79. The predicted octanol–water partition coefficient (Wildman–Crippen LogP) is 2.33. The highest BCUT2D eigenvalue weighted by Crippen LogP contribution is 2.40. The van der Waals surface area contributed by atoms with Gasteiger partial charge < -0.3 is 5.32 Å². The average Bonchev–Trinajstić information content (AvgIpc) is 2.57. The summed E-state index contributed by atoms with van der Waals surface area (Å²) in [5.74, 6) is 0.000173. The van der Waals surface area contributed by atoms with E-state index in [1.54, 1.807) is 0 Å². The maximum atomic E-state index is 11.8. The molecule has 0 aromatic heterocycles. The first-order valence-electron chi connectivity index (χ1n) is 5.20. The second-order valence-corrected chi connectivity index (χ2v) is 5.65. The predicted molar refractivity (Wildman–Crippen MR) is 65.0 cm³/mol. The van der Waals surface area contributed by atoms with Gasteiger partial charge in [0.2, 0.25) is 0 Å². The molecule has 0 spiro atoms. The molecule has 0 aromatic rings. The fraction of sp³-hybridized carbons (Fsp3) is 0.455. The van der Waals surface area contributed by atoms with Gasteiger partial charge in [0.25, 0.3) is 0 Å². The summed E-state index contributed by atoms with van der Waals surface area (Å²) in [6.07, 6.45) is 3.05. The third-order valence-electron chi connectivity index (χ3n) is 2.47. The maximum absolute atomic E-state index is 11.8. The number of nitrogens with one attached hydrogen (secondary N) is 1. The maximum Gasteiger partial charge on any atom is 0.165 e. The molecular weight excluding hydrogens is 246 g/mol. The summed E-state index contributed by atoms with van der Waals surface area (Å²) >= 11 is 7.35. The van der Waals surface area contributed by atoms with E-state index in [4.69, 9.17) is 11.6 Å². The fourth-order valence-corrected chi connectivity index (χ4v) is 3.16. The molecule has 1 aliphatic carbocycles. The SMILES string of the molecule is CCCC(=O)C1=CC(=O)CC2=C1NC(Cl)S2. The highest BCUT2D eigenvalue weighted by atomic mass is 35.5. The minimum Gasteiger partial charge on any atom is -0.359 e. The van der Waals surface area contributed by atoms with Crippen molar-refractivity contribution in [2.75, 3.05) is 0 Å². The summed E-state index contributed by atoms with van der Waals surface area (Å²) in [5, 5.41) is 3.03. The zero-order valence-electron chi connectivity index (χ0n) is 8.88. The molecule has 1 aliphatic heterocycles. The van der Waals surface area contributed by atoms with Crippen LogP contribution in [0, 0.1) is 0 Å². The Morgan fingerprint density at radius 2 is 2.44 bits per heavy atom. The number of hydrogen-bond donors (Lipinski definition) is 1. The number of carbonyl (C=O) groups is 2. The van der Waals surface area contributed by atoms with Crippen LogP contribution in [0.2, 0.25) is 0 Å². The van der Waals surface area contributed by atoms with Crippen LogP contribution in [-0.2, 0) is 9.59 Å². The Balaban J connectivity index is 2.28. The molecule has 0 fully saturated rings. The number of hydrogen-bond acceptors (Lipinski definition) is 4. The van der Waals surface area contributed by atoms with Gasteiger partial charge >= 0.3 is 0 Å².